The van der Waals surface area contributed by atoms with Crippen molar-refractivity contribution in [2.45, 2.75) is 63.8 Å². The van der Waals surface area contributed by atoms with Crippen LogP contribution in [0.2, 0.25) is 0 Å². The molecule has 2 N–H and O–H groups in total. The highest BCUT2D eigenvalue weighted by Crippen LogP contribution is 2.42. The second-order valence-electron chi connectivity index (χ2n) is 6.86. The van der Waals surface area contributed by atoms with Gasteiger partial charge in [0.15, 0.2) is 0 Å². The van der Waals surface area contributed by atoms with Crippen LogP contribution in [0.15, 0.2) is 0 Å². The molecule has 2 aliphatic carbocycles. The summed E-state index contributed by atoms with van der Waals surface area (Å²) < 4.78 is 0. The van der Waals surface area contributed by atoms with Gasteiger partial charge >= 0.3 is 0 Å². The lowest BCUT2D eigenvalue weighted by molar-refractivity contribution is -0.129. The molecular weight excluding hydrogens is 252 g/mol. The van der Waals surface area contributed by atoms with Gasteiger partial charge in [0.1, 0.15) is 0 Å². The van der Waals surface area contributed by atoms with E-state index in [1.54, 1.807) is 0 Å². The highest BCUT2D eigenvalue weighted by molar-refractivity contribution is 5.80. The molecule has 3 rings (SSSR count). The first-order valence-electron chi connectivity index (χ1n) is 8.29. The van der Waals surface area contributed by atoms with Crippen LogP contribution in [0.3, 0.4) is 0 Å². The van der Waals surface area contributed by atoms with E-state index in [-0.39, 0.29) is 23.8 Å². The standard InChI is InChI=1S/C16H26N2O2/c19-15-8-7-14(10-17-15)18-16(20)13-6-5-11-3-1-2-4-12(11)9-13/h11-14H,1-10H2,(H,17,19)(H,18,20). The molecule has 2 saturated carbocycles. The van der Waals surface area contributed by atoms with Crippen molar-refractivity contribution in [1.82, 2.24) is 10.6 Å². The van der Waals surface area contributed by atoms with Crippen molar-refractivity contribution < 1.29 is 9.59 Å². The maximum absolute atomic E-state index is 12.4. The van der Waals surface area contributed by atoms with Gasteiger partial charge in [-0.1, -0.05) is 25.7 Å². The van der Waals surface area contributed by atoms with Crippen molar-refractivity contribution in [2.75, 3.05) is 6.54 Å². The van der Waals surface area contributed by atoms with Gasteiger partial charge in [-0.3, -0.25) is 9.59 Å². The Balaban J connectivity index is 1.49. The predicted molar refractivity (Wildman–Crippen MR) is 77.0 cm³/mol. The Kier molecular flexibility index (Phi) is 4.27. The van der Waals surface area contributed by atoms with Crippen LogP contribution in [0.4, 0.5) is 0 Å². The van der Waals surface area contributed by atoms with E-state index in [1.165, 1.54) is 32.1 Å². The van der Waals surface area contributed by atoms with Gasteiger partial charge in [-0.25, -0.2) is 0 Å². The van der Waals surface area contributed by atoms with Gasteiger partial charge in [0.25, 0.3) is 0 Å². The number of rotatable bonds is 2. The van der Waals surface area contributed by atoms with E-state index in [0.717, 1.165) is 31.1 Å². The summed E-state index contributed by atoms with van der Waals surface area (Å²) in [6, 6.07) is 0.143. The van der Waals surface area contributed by atoms with Gasteiger partial charge in [0.2, 0.25) is 11.8 Å². The zero-order valence-electron chi connectivity index (χ0n) is 12.2. The molecule has 0 aromatic rings. The molecule has 112 valence electrons. The summed E-state index contributed by atoms with van der Waals surface area (Å²) in [5.74, 6) is 2.24. The Morgan fingerprint density at radius 3 is 2.60 bits per heavy atom. The van der Waals surface area contributed by atoms with Crippen molar-refractivity contribution in [3.8, 4) is 0 Å². The summed E-state index contributed by atoms with van der Waals surface area (Å²) in [6.45, 7) is 0.601. The van der Waals surface area contributed by atoms with Crippen LogP contribution in [-0.2, 0) is 9.59 Å². The molecule has 3 fully saturated rings. The fraction of sp³-hybridized carbons (Fsp3) is 0.875. The average Bonchev–Trinajstić information content (AvgIpc) is 2.49. The second kappa shape index (κ2) is 6.15. The Morgan fingerprint density at radius 1 is 1.05 bits per heavy atom. The summed E-state index contributed by atoms with van der Waals surface area (Å²) in [5, 5.41) is 5.98. The monoisotopic (exact) mass is 278 g/mol. The minimum atomic E-state index is 0.109. The molecule has 20 heavy (non-hydrogen) atoms. The van der Waals surface area contributed by atoms with Gasteiger partial charge in [0.05, 0.1) is 0 Å². The molecule has 0 bridgehead atoms. The zero-order chi connectivity index (χ0) is 13.9. The number of amides is 2. The lowest BCUT2D eigenvalue weighted by Crippen LogP contribution is -2.50. The van der Waals surface area contributed by atoms with E-state index in [9.17, 15) is 9.59 Å². The quantitative estimate of drug-likeness (QED) is 0.811. The van der Waals surface area contributed by atoms with Gasteiger partial charge in [-0.05, 0) is 37.5 Å². The van der Waals surface area contributed by atoms with Crippen LogP contribution in [-0.4, -0.2) is 24.4 Å². The molecule has 1 saturated heterocycles. The third-order valence-electron chi connectivity index (χ3n) is 5.52. The molecule has 4 unspecified atom stereocenters. The van der Waals surface area contributed by atoms with Crippen molar-refractivity contribution in [2.24, 2.45) is 17.8 Å². The highest BCUT2D eigenvalue weighted by atomic mass is 16.2. The topological polar surface area (TPSA) is 58.2 Å². The third kappa shape index (κ3) is 3.15. The van der Waals surface area contributed by atoms with Crippen LogP contribution < -0.4 is 10.6 Å². The van der Waals surface area contributed by atoms with E-state index in [1.807, 2.05) is 0 Å². The maximum Gasteiger partial charge on any atom is 0.223 e. The Hall–Kier alpha value is -1.06. The molecule has 0 aromatic carbocycles. The summed E-state index contributed by atoms with van der Waals surface area (Å²) in [6.07, 6.45) is 10.2. The van der Waals surface area contributed by atoms with Crippen LogP contribution in [0.5, 0.6) is 0 Å². The van der Waals surface area contributed by atoms with Crippen LogP contribution in [0, 0.1) is 17.8 Å². The number of nitrogens with one attached hydrogen (secondary N) is 2. The molecule has 4 heteroatoms. The number of hydrogen-bond acceptors (Lipinski definition) is 2. The zero-order valence-corrected chi connectivity index (χ0v) is 12.2. The summed E-state index contributed by atoms with van der Waals surface area (Å²) >= 11 is 0. The first kappa shape index (κ1) is 13.9. The minimum Gasteiger partial charge on any atom is -0.354 e. The van der Waals surface area contributed by atoms with Gasteiger partial charge < -0.3 is 10.6 Å². The molecule has 1 aliphatic heterocycles. The summed E-state index contributed by atoms with van der Waals surface area (Å²) in [7, 11) is 0. The molecule has 4 atom stereocenters. The first-order chi connectivity index (χ1) is 9.72. The summed E-state index contributed by atoms with van der Waals surface area (Å²) in [5.41, 5.74) is 0. The van der Waals surface area contributed by atoms with Gasteiger partial charge in [0, 0.05) is 24.9 Å². The van der Waals surface area contributed by atoms with E-state index >= 15 is 0 Å². The molecular formula is C16H26N2O2. The lowest BCUT2D eigenvalue weighted by atomic mass is 9.67. The van der Waals surface area contributed by atoms with E-state index in [4.69, 9.17) is 0 Å². The third-order valence-corrected chi connectivity index (χ3v) is 5.52. The SMILES string of the molecule is O=C1CCC(NC(=O)C2CCC3CCCCC3C2)CN1. The molecule has 0 spiro atoms. The maximum atomic E-state index is 12.4. The predicted octanol–water partition coefficient (Wildman–Crippen LogP) is 1.99. The largest absolute Gasteiger partial charge is 0.354 e. The van der Waals surface area contributed by atoms with E-state index in [0.29, 0.717) is 13.0 Å². The molecule has 3 aliphatic rings. The fourth-order valence-electron chi connectivity index (χ4n) is 4.29. The lowest BCUT2D eigenvalue weighted by Gasteiger charge is -2.39. The number of carbonyl (C=O) groups is 2. The Morgan fingerprint density at radius 2 is 1.85 bits per heavy atom. The van der Waals surface area contributed by atoms with Gasteiger partial charge in [-0.2, -0.15) is 0 Å². The van der Waals surface area contributed by atoms with Crippen LogP contribution >= 0.6 is 0 Å². The van der Waals surface area contributed by atoms with Crippen molar-refractivity contribution in [3.63, 3.8) is 0 Å². The highest BCUT2D eigenvalue weighted by Gasteiger charge is 2.35. The average molecular weight is 278 g/mol. The molecule has 0 aromatic heterocycles. The van der Waals surface area contributed by atoms with Crippen molar-refractivity contribution >= 4 is 11.8 Å². The summed E-state index contributed by atoms with van der Waals surface area (Å²) in [4.78, 5) is 23.5. The number of hydrogen-bond donors (Lipinski definition) is 2. The Labute approximate surface area is 121 Å². The Bertz CT molecular complexity index is 373. The molecule has 0 radical (unpaired) electrons. The fourth-order valence-corrected chi connectivity index (χ4v) is 4.29. The second-order valence-corrected chi connectivity index (χ2v) is 6.86. The number of fused-ring (bicyclic) bond motifs is 1. The molecule has 1 heterocycles. The number of piperidine rings is 1. The van der Waals surface area contributed by atoms with E-state index in [2.05, 4.69) is 10.6 Å². The smallest absolute Gasteiger partial charge is 0.223 e. The molecule has 4 nitrogen and oxygen atoms in total. The normalized spacial score (nSPS) is 37.7. The minimum absolute atomic E-state index is 0.109. The van der Waals surface area contributed by atoms with E-state index < -0.39 is 0 Å². The van der Waals surface area contributed by atoms with Crippen LogP contribution in [0.1, 0.15) is 57.8 Å². The first-order valence-corrected chi connectivity index (χ1v) is 8.29. The van der Waals surface area contributed by atoms with Crippen molar-refractivity contribution in [3.05, 3.63) is 0 Å². The van der Waals surface area contributed by atoms with Crippen LogP contribution in [0.25, 0.3) is 0 Å². The van der Waals surface area contributed by atoms with Crippen molar-refractivity contribution in [1.29, 1.82) is 0 Å². The van der Waals surface area contributed by atoms with Gasteiger partial charge in [-0.15, -0.1) is 0 Å². The number of carbonyl (C=O) groups excluding carboxylic acids is 2. The molecule has 2 amide bonds.